The van der Waals surface area contributed by atoms with Crippen LogP contribution < -0.4 is 0 Å². The van der Waals surface area contributed by atoms with E-state index in [0.717, 1.165) is 28.6 Å². The molecule has 1 aliphatic rings. The summed E-state index contributed by atoms with van der Waals surface area (Å²) in [7, 11) is 1.84. The first kappa shape index (κ1) is 8.75. The third-order valence-corrected chi connectivity index (χ3v) is 3.14. The van der Waals surface area contributed by atoms with Crippen molar-refractivity contribution in [3.05, 3.63) is 33.8 Å². The van der Waals surface area contributed by atoms with Crippen LogP contribution in [0.4, 0.5) is 0 Å². The van der Waals surface area contributed by atoms with Crippen molar-refractivity contribution >= 4 is 21.8 Å². The molecule has 68 valence electrons. The summed E-state index contributed by atoms with van der Waals surface area (Å²) in [5.74, 6) is 0.127. The van der Waals surface area contributed by atoms with Crippen molar-refractivity contribution in [3.63, 3.8) is 0 Å². The van der Waals surface area contributed by atoms with Crippen LogP contribution >= 0.6 is 15.9 Å². The maximum Gasteiger partial charge on any atom is 0.253 e. The second kappa shape index (κ2) is 3.14. The molecule has 0 saturated carbocycles. The largest absolute Gasteiger partial charge is 0.341 e. The van der Waals surface area contributed by atoms with Gasteiger partial charge in [0.25, 0.3) is 5.91 Å². The van der Waals surface area contributed by atoms with E-state index < -0.39 is 0 Å². The molecule has 0 radical (unpaired) electrons. The summed E-state index contributed by atoms with van der Waals surface area (Å²) in [6.45, 7) is 0.814. The standard InChI is InChI=1S/C10H10BrNO/c1-12-6-5-7-8(10(12)13)3-2-4-9(7)11/h2-4H,5-6H2,1H3. The first-order chi connectivity index (χ1) is 6.20. The van der Waals surface area contributed by atoms with Crippen LogP contribution in [0.1, 0.15) is 15.9 Å². The zero-order chi connectivity index (χ0) is 9.42. The van der Waals surface area contributed by atoms with Gasteiger partial charge in [-0.3, -0.25) is 4.79 Å². The fourth-order valence-corrected chi connectivity index (χ4v) is 2.16. The van der Waals surface area contributed by atoms with Crippen LogP contribution in [-0.2, 0) is 6.42 Å². The highest BCUT2D eigenvalue weighted by Gasteiger charge is 2.22. The molecule has 2 nitrogen and oxygen atoms in total. The molecule has 1 aliphatic heterocycles. The van der Waals surface area contributed by atoms with Gasteiger partial charge < -0.3 is 4.90 Å². The number of hydrogen-bond acceptors (Lipinski definition) is 1. The number of amides is 1. The lowest BCUT2D eigenvalue weighted by Crippen LogP contribution is -2.34. The quantitative estimate of drug-likeness (QED) is 0.679. The van der Waals surface area contributed by atoms with Gasteiger partial charge in [-0.15, -0.1) is 0 Å². The van der Waals surface area contributed by atoms with E-state index in [0.29, 0.717) is 0 Å². The SMILES string of the molecule is CN1CCc2c(Br)cccc2C1=O. The van der Waals surface area contributed by atoms with Gasteiger partial charge in [0.1, 0.15) is 0 Å². The van der Waals surface area contributed by atoms with Crippen LogP contribution in [0, 0.1) is 0 Å². The Labute approximate surface area is 85.7 Å². The number of carbonyl (C=O) groups is 1. The number of benzene rings is 1. The summed E-state index contributed by atoms with van der Waals surface area (Å²) >= 11 is 3.46. The molecule has 1 aromatic carbocycles. The van der Waals surface area contributed by atoms with E-state index in [1.807, 2.05) is 25.2 Å². The molecular weight excluding hydrogens is 230 g/mol. The third-order valence-electron chi connectivity index (χ3n) is 2.39. The van der Waals surface area contributed by atoms with Crippen LogP contribution in [0.2, 0.25) is 0 Å². The Hall–Kier alpha value is -0.830. The van der Waals surface area contributed by atoms with Gasteiger partial charge in [0.15, 0.2) is 0 Å². The molecule has 0 N–H and O–H groups in total. The van der Waals surface area contributed by atoms with Gasteiger partial charge in [0, 0.05) is 23.6 Å². The lowest BCUT2D eigenvalue weighted by atomic mass is 10.00. The van der Waals surface area contributed by atoms with Crippen molar-refractivity contribution in [3.8, 4) is 0 Å². The Morgan fingerprint density at radius 3 is 3.00 bits per heavy atom. The molecule has 3 heteroatoms. The first-order valence-electron chi connectivity index (χ1n) is 4.23. The highest BCUT2D eigenvalue weighted by molar-refractivity contribution is 9.10. The molecule has 0 aliphatic carbocycles. The van der Waals surface area contributed by atoms with Gasteiger partial charge in [-0.2, -0.15) is 0 Å². The van der Waals surface area contributed by atoms with Gasteiger partial charge in [-0.1, -0.05) is 22.0 Å². The van der Waals surface area contributed by atoms with E-state index in [1.165, 1.54) is 0 Å². The van der Waals surface area contributed by atoms with Crippen molar-refractivity contribution in [1.82, 2.24) is 4.90 Å². The normalized spacial score (nSPS) is 15.8. The van der Waals surface area contributed by atoms with Gasteiger partial charge in [0.2, 0.25) is 0 Å². The summed E-state index contributed by atoms with van der Waals surface area (Å²) in [4.78, 5) is 13.4. The van der Waals surface area contributed by atoms with Crippen molar-refractivity contribution < 1.29 is 4.79 Å². The number of fused-ring (bicyclic) bond motifs is 1. The summed E-state index contributed by atoms with van der Waals surface area (Å²) in [6.07, 6.45) is 0.943. The Morgan fingerprint density at radius 1 is 1.46 bits per heavy atom. The van der Waals surface area contributed by atoms with E-state index in [2.05, 4.69) is 15.9 Å². The minimum absolute atomic E-state index is 0.127. The molecule has 0 atom stereocenters. The highest BCUT2D eigenvalue weighted by Crippen LogP contribution is 2.25. The molecule has 2 rings (SSSR count). The maximum atomic E-state index is 11.7. The summed E-state index contributed by atoms with van der Waals surface area (Å²) in [5.41, 5.74) is 1.98. The van der Waals surface area contributed by atoms with E-state index >= 15 is 0 Å². The molecule has 0 aromatic heterocycles. The molecule has 0 saturated heterocycles. The minimum atomic E-state index is 0.127. The molecule has 0 bridgehead atoms. The molecule has 1 aromatic rings. The van der Waals surface area contributed by atoms with Crippen LogP contribution in [0.5, 0.6) is 0 Å². The summed E-state index contributed by atoms with van der Waals surface area (Å²) < 4.78 is 1.05. The number of halogens is 1. The number of carbonyl (C=O) groups excluding carboxylic acids is 1. The van der Waals surface area contributed by atoms with Crippen LogP contribution in [0.3, 0.4) is 0 Å². The molecule has 1 amide bonds. The second-order valence-electron chi connectivity index (χ2n) is 3.24. The average Bonchev–Trinajstić information content (AvgIpc) is 2.12. The second-order valence-corrected chi connectivity index (χ2v) is 4.10. The monoisotopic (exact) mass is 239 g/mol. The van der Waals surface area contributed by atoms with Crippen LogP contribution in [-0.4, -0.2) is 24.4 Å². The number of nitrogens with zero attached hydrogens (tertiary/aromatic N) is 1. The topological polar surface area (TPSA) is 20.3 Å². The zero-order valence-corrected chi connectivity index (χ0v) is 8.97. The minimum Gasteiger partial charge on any atom is -0.341 e. The molecule has 0 fully saturated rings. The fourth-order valence-electron chi connectivity index (χ4n) is 1.60. The average molecular weight is 240 g/mol. The predicted octanol–water partition coefficient (Wildman–Crippen LogP) is 2.08. The molecular formula is C10H10BrNO. The number of hydrogen-bond donors (Lipinski definition) is 0. The van der Waals surface area contributed by atoms with E-state index in [4.69, 9.17) is 0 Å². The Bertz CT molecular complexity index is 362. The summed E-state index contributed by atoms with van der Waals surface area (Å²) in [6, 6.07) is 5.77. The fraction of sp³-hybridized carbons (Fsp3) is 0.300. The van der Waals surface area contributed by atoms with Crippen LogP contribution in [0.15, 0.2) is 22.7 Å². The Kier molecular flexibility index (Phi) is 2.12. The van der Waals surface area contributed by atoms with Crippen molar-refractivity contribution in [1.29, 1.82) is 0 Å². The Balaban J connectivity index is 2.55. The van der Waals surface area contributed by atoms with Gasteiger partial charge in [-0.25, -0.2) is 0 Å². The third kappa shape index (κ3) is 1.37. The van der Waals surface area contributed by atoms with E-state index in [1.54, 1.807) is 4.90 Å². The summed E-state index contributed by atoms with van der Waals surface area (Å²) in [5, 5.41) is 0. The molecule has 0 spiro atoms. The zero-order valence-electron chi connectivity index (χ0n) is 7.38. The lowest BCUT2D eigenvalue weighted by Gasteiger charge is -2.25. The van der Waals surface area contributed by atoms with Crippen molar-refractivity contribution in [2.75, 3.05) is 13.6 Å². The number of rotatable bonds is 0. The van der Waals surface area contributed by atoms with E-state index in [-0.39, 0.29) is 5.91 Å². The van der Waals surface area contributed by atoms with Gasteiger partial charge in [0.05, 0.1) is 0 Å². The number of likely N-dealkylation sites (N-methyl/N-ethyl adjacent to an activating group) is 1. The van der Waals surface area contributed by atoms with Crippen molar-refractivity contribution in [2.24, 2.45) is 0 Å². The van der Waals surface area contributed by atoms with Gasteiger partial charge in [-0.05, 0) is 24.1 Å². The lowest BCUT2D eigenvalue weighted by molar-refractivity contribution is 0.0780. The van der Waals surface area contributed by atoms with Gasteiger partial charge >= 0.3 is 0 Å². The first-order valence-corrected chi connectivity index (χ1v) is 5.02. The predicted molar refractivity (Wildman–Crippen MR) is 54.8 cm³/mol. The Morgan fingerprint density at radius 2 is 2.23 bits per heavy atom. The molecule has 13 heavy (non-hydrogen) atoms. The molecule has 1 heterocycles. The highest BCUT2D eigenvalue weighted by atomic mass is 79.9. The molecule has 0 unspecified atom stereocenters. The smallest absolute Gasteiger partial charge is 0.253 e. The van der Waals surface area contributed by atoms with Crippen molar-refractivity contribution in [2.45, 2.75) is 6.42 Å². The van der Waals surface area contributed by atoms with Crippen LogP contribution in [0.25, 0.3) is 0 Å². The maximum absolute atomic E-state index is 11.7. The van der Waals surface area contributed by atoms with E-state index in [9.17, 15) is 4.79 Å².